The van der Waals surface area contributed by atoms with Crippen molar-refractivity contribution in [1.29, 1.82) is 0 Å². The first-order chi connectivity index (χ1) is 6.37. The topological polar surface area (TPSA) is 67.2 Å². The van der Waals surface area contributed by atoms with E-state index < -0.39 is 4.92 Å². The maximum atomic E-state index is 10.7. The minimum absolute atomic E-state index is 0.00551. The monoisotopic (exact) mass is 325 g/mol. The van der Waals surface area contributed by atoms with Crippen molar-refractivity contribution in [2.24, 2.45) is 0 Å². The van der Waals surface area contributed by atoms with E-state index in [4.69, 9.17) is 0 Å². The third kappa shape index (κ3) is 1.61. The Labute approximate surface area is 96.7 Å². The average Bonchev–Trinajstić information content (AvgIpc) is 2.11. The van der Waals surface area contributed by atoms with Gasteiger partial charge in [-0.2, -0.15) is 0 Å². The lowest BCUT2D eigenvalue weighted by atomic mass is 10.2. The predicted octanol–water partition coefficient (Wildman–Crippen LogP) is 2.26. The van der Waals surface area contributed by atoms with Crippen LogP contribution in [0.1, 0.15) is 11.1 Å². The van der Waals surface area contributed by atoms with Gasteiger partial charge in [0, 0.05) is 36.6 Å². The number of pyridine rings is 1. The van der Waals surface area contributed by atoms with Crippen molar-refractivity contribution >= 4 is 37.5 Å². The molecule has 1 aromatic heterocycles. The van der Waals surface area contributed by atoms with E-state index in [-0.39, 0.29) is 14.9 Å². The smallest absolute Gasteiger partial charge is 0.283 e. The SMILES string of the molecule is Cc1c([N+](=O)[O-])c(C)c(Br)[n+](O)c1Br. The van der Waals surface area contributed by atoms with Crippen molar-refractivity contribution in [2.45, 2.75) is 13.8 Å². The Morgan fingerprint density at radius 1 is 1.29 bits per heavy atom. The molecule has 1 aromatic rings. The van der Waals surface area contributed by atoms with Gasteiger partial charge in [-0.05, 0) is 13.8 Å². The molecule has 0 atom stereocenters. The molecule has 0 aliphatic heterocycles. The van der Waals surface area contributed by atoms with Gasteiger partial charge in [0.2, 0.25) is 0 Å². The summed E-state index contributed by atoms with van der Waals surface area (Å²) >= 11 is 6.12. The van der Waals surface area contributed by atoms with E-state index in [0.29, 0.717) is 11.1 Å². The molecule has 1 rings (SSSR count). The first kappa shape index (κ1) is 11.4. The Balaban J connectivity index is 3.68. The molecule has 0 radical (unpaired) electrons. The van der Waals surface area contributed by atoms with Crippen LogP contribution in [-0.4, -0.2) is 10.1 Å². The van der Waals surface area contributed by atoms with Gasteiger partial charge >= 0.3 is 9.21 Å². The zero-order valence-electron chi connectivity index (χ0n) is 7.41. The second-order valence-electron chi connectivity index (χ2n) is 2.75. The van der Waals surface area contributed by atoms with Gasteiger partial charge < -0.3 is 0 Å². The van der Waals surface area contributed by atoms with Crippen LogP contribution in [0.3, 0.4) is 0 Å². The summed E-state index contributed by atoms with van der Waals surface area (Å²) in [5.41, 5.74) is 0.769. The molecule has 0 fully saturated rings. The average molecular weight is 327 g/mol. The lowest BCUT2D eigenvalue weighted by molar-refractivity contribution is -0.921. The molecule has 0 aliphatic carbocycles. The minimum atomic E-state index is -0.472. The highest BCUT2D eigenvalue weighted by atomic mass is 79.9. The van der Waals surface area contributed by atoms with E-state index in [1.165, 1.54) is 0 Å². The van der Waals surface area contributed by atoms with E-state index in [9.17, 15) is 15.3 Å². The third-order valence-corrected chi connectivity index (χ3v) is 3.75. The molecule has 0 saturated carbocycles. The molecular weight excluding hydrogens is 320 g/mol. The fourth-order valence-electron chi connectivity index (χ4n) is 1.15. The van der Waals surface area contributed by atoms with Crippen molar-refractivity contribution in [1.82, 2.24) is 0 Å². The fourth-order valence-corrected chi connectivity index (χ4v) is 2.12. The molecule has 7 heteroatoms. The molecule has 0 amide bonds. The van der Waals surface area contributed by atoms with Crippen molar-refractivity contribution < 1.29 is 14.9 Å². The standard InChI is InChI=1S/C7H7Br2N2O3/c1-3-5(11(13)14)4(2)7(9)10(12)6(3)8/h12H,1-2H3/q+1. The van der Waals surface area contributed by atoms with Crippen LogP contribution >= 0.6 is 31.9 Å². The summed E-state index contributed by atoms with van der Waals surface area (Å²) in [4.78, 5) is 10.3. The number of nitro groups is 1. The molecule has 5 nitrogen and oxygen atoms in total. The van der Waals surface area contributed by atoms with Crippen molar-refractivity contribution in [2.75, 3.05) is 0 Å². The van der Waals surface area contributed by atoms with Crippen LogP contribution in [0, 0.1) is 24.0 Å². The van der Waals surface area contributed by atoms with Crippen LogP contribution in [0.2, 0.25) is 0 Å². The van der Waals surface area contributed by atoms with Gasteiger partial charge in [0.25, 0.3) is 5.69 Å². The van der Waals surface area contributed by atoms with Crippen LogP contribution in [-0.2, 0) is 0 Å². The second-order valence-corrected chi connectivity index (χ2v) is 4.25. The Kier molecular flexibility index (Phi) is 3.10. The number of rotatable bonds is 1. The summed E-state index contributed by atoms with van der Waals surface area (Å²) in [6.07, 6.45) is 0. The molecule has 0 bridgehead atoms. The maximum Gasteiger partial charge on any atom is 0.309 e. The highest BCUT2D eigenvalue weighted by Crippen LogP contribution is 2.30. The molecule has 1 heterocycles. The van der Waals surface area contributed by atoms with Gasteiger partial charge in [-0.15, -0.1) is 0 Å². The normalized spacial score (nSPS) is 10.3. The van der Waals surface area contributed by atoms with Crippen LogP contribution in [0.5, 0.6) is 0 Å². The van der Waals surface area contributed by atoms with Crippen LogP contribution in [0.25, 0.3) is 0 Å². The Morgan fingerprint density at radius 2 is 1.64 bits per heavy atom. The highest BCUT2D eigenvalue weighted by molar-refractivity contribution is 9.11. The van der Waals surface area contributed by atoms with E-state index in [2.05, 4.69) is 31.9 Å². The highest BCUT2D eigenvalue weighted by Gasteiger charge is 2.30. The molecule has 0 saturated heterocycles. The van der Waals surface area contributed by atoms with E-state index in [0.717, 1.165) is 4.73 Å². The maximum absolute atomic E-state index is 10.7. The number of nitrogens with zero attached hydrogens (tertiary/aromatic N) is 2. The summed E-state index contributed by atoms with van der Waals surface area (Å²) in [5, 5.41) is 20.2. The van der Waals surface area contributed by atoms with Gasteiger partial charge in [-0.3, -0.25) is 15.3 Å². The molecule has 1 N–H and O–H groups in total. The lowest BCUT2D eigenvalue weighted by Crippen LogP contribution is -2.35. The summed E-state index contributed by atoms with van der Waals surface area (Å²) in [6.45, 7) is 3.13. The number of hydrogen-bond donors (Lipinski definition) is 1. The zero-order valence-corrected chi connectivity index (χ0v) is 10.6. The van der Waals surface area contributed by atoms with E-state index in [1.807, 2.05) is 0 Å². The summed E-state index contributed by atoms with van der Waals surface area (Å²) in [5.74, 6) is 0. The van der Waals surface area contributed by atoms with Gasteiger partial charge in [0.15, 0.2) is 0 Å². The Hall–Kier alpha value is -0.690. The summed E-state index contributed by atoms with van der Waals surface area (Å²) in [7, 11) is 0. The van der Waals surface area contributed by atoms with Gasteiger partial charge in [-0.25, -0.2) is 0 Å². The quantitative estimate of drug-likeness (QED) is 0.283. The number of halogens is 2. The first-order valence-electron chi connectivity index (χ1n) is 3.61. The molecule has 0 unspecified atom stereocenters. The molecule has 14 heavy (non-hydrogen) atoms. The second kappa shape index (κ2) is 3.82. The number of aromatic nitrogens is 1. The van der Waals surface area contributed by atoms with Crippen LogP contribution in [0.4, 0.5) is 5.69 Å². The van der Waals surface area contributed by atoms with Crippen molar-refractivity contribution in [3.8, 4) is 0 Å². The predicted molar refractivity (Wildman–Crippen MR) is 55.3 cm³/mol. The zero-order chi connectivity index (χ0) is 11.0. The Morgan fingerprint density at radius 3 is 1.93 bits per heavy atom. The molecular formula is C7H7Br2N2O3+. The number of hydrogen-bond acceptors (Lipinski definition) is 3. The summed E-state index contributed by atoms with van der Waals surface area (Å²) < 4.78 is 1.35. The van der Waals surface area contributed by atoms with E-state index in [1.54, 1.807) is 13.8 Å². The van der Waals surface area contributed by atoms with Gasteiger partial charge in [0.1, 0.15) is 11.1 Å². The Bertz CT molecular complexity index is 391. The first-order valence-corrected chi connectivity index (χ1v) is 5.20. The van der Waals surface area contributed by atoms with Crippen LogP contribution in [0.15, 0.2) is 9.21 Å². The fraction of sp³-hybridized carbons (Fsp3) is 0.286. The molecule has 76 valence electrons. The minimum Gasteiger partial charge on any atom is -0.283 e. The van der Waals surface area contributed by atoms with Gasteiger partial charge in [-0.1, -0.05) is 0 Å². The largest absolute Gasteiger partial charge is 0.309 e. The molecule has 0 aliphatic rings. The summed E-state index contributed by atoms with van der Waals surface area (Å²) in [6, 6.07) is 0. The van der Waals surface area contributed by atoms with Crippen molar-refractivity contribution in [3.63, 3.8) is 0 Å². The third-order valence-electron chi connectivity index (χ3n) is 1.88. The molecule has 0 aromatic carbocycles. The van der Waals surface area contributed by atoms with E-state index >= 15 is 0 Å². The molecule has 0 spiro atoms. The lowest BCUT2D eigenvalue weighted by Gasteiger charge is -2.01. The van der Waals surface area contributed by atoms with Gasteiger partial charge in [0.05, 0.1) is 4.92 Å². The van der Waals surface area contributed by atoms with Crippen LogP contribution < -0.4 is 4.73 Å². The van der Waals surface area contributed by atoms with Crippen molar-refractivity contribution in [3.05, 3.63) is 30.4 Å².